The monoisotopic (exact) mass is 387 g/mol. The van der Waals surface area contributed by atoms with E-state index in [0.717, 1.165) is 11.3 Å². The highest BCUT2D eigenvalue weighted by atomic mass is 32.1. The normalized spacial score (nSPS) is 23.4. The lowest BCUT2D eigenvalue weighted by Crippen LogP contribution is -2.64. The fraction of sp³-hybridized carbons (Fsp3) is 0.400. The highest BCUT2D eigenvalue weighted by Gasteiger charge is 2.48. The summed E-state index contributed by atoms with van der Waals surface area (Å²) in [5.41, 5.74) is 0.293. The first kappa shape index (κ1) is 18.1. The van der Waals surface area contributed by atoms with Crippen LogP contribution in [0.4, 0.5) is 10.1 Å². The standard InChI is InChI=1S/C20H22FN3O2S/c1-22-12-19(26)24(16-5-2-4-15(21)10-16)14-20(22)7-8-23(13-20)18(25)11-17-6-3-9-27-17/h2-6,9-10H,7-8,11-14H2,1H3/t20-/m1/s1. The minimum Gasteiger partial charge on any atom is -0.340 e. The molecular weight excluding hydrogens is 365 g/mol. The molecule has 2 saturated heterocycles. The van der Waals surface area contributed by atoms with Gasteiger partial charge in [-0.1, -0.05) is 12.1 Å². The lowest BCUT2D eigenvalue weighted by atomic mass is 9.92. The van der Waals surface area contributed by atoms with Crippen molar-refractivity contribution in [2.24, 2.45) is 0 Å². The summed E-state index contributed by atoms with van der Waals surface area (Å²) in [6.07, 6.45) is 1.22. The van der Waals surface area contributed by atoms with Crippen molar-refractivity contribution in [1.82, 2.24) is 9.80 Å². The SMILES string of the molecule is CN1CC(=O)N(c2cccc(F)c2)C[C@]12CCN(C(=O)Cc1cccs1)C2. The number of halogens is 1. The largest absolute Gasteiger partial charge is 0.340 e. The molecule has 2 aliphatic rings. The average Bonchev–Trinajstić information content (AvgIpc) is 3.29. The third kappa shape index (κ3) is 3.49. The maximum Gasteiger partial charge on any atom is 0.241 e. The summed E-state index contributed by atoms with van der Waals surface area (Å²) in [5.74, 6) is -0.276. The average molecular weight is 387 g/mol. The Morgan fingerprint density at radius 3 is 2.85 bits per heavy atom. The van der Waals surface area contributed by atoms with Crippen LogP contribution in [0.15, 0.2) is 41.8 Å². The number of hydrogen-bond donors (Lipinski definition) is 0. The molecule has 0 bridgehead atoms. The zero-order chi connectivity index (χ0) is 19.0. The summed E-state index contributed by atoms with van der Waals surface area (Å²) >= 11 is 1.59. The molecule has 4 rings (SSSR count). The number of nitrogens with zero attached hydrogens (tertiary/aromatic N) is 3. The van der Waals surface area contributed by atoms with Gasteiger partial charge in [0.2, 0.25) is 11.8 Å². The molecule has 1 spiro atoms. The molecule has 7 heteroatoms. The number of thiophene rings is 1. The van der Waals surface area contributed by atoms with E-state index in [1.54, 1.807) is 28.4 Å². The summed E-state index contributed by atoms with van der Waals surface area (Å²) in [6.45, 7) is 2.00. The number of amides is 2. The maximum atomic E-state index is 13.6. The minimum atomic E-state index is -0.354. The van der Waals surface area contributed by atoms with Gasteiger partial charge in [-0.3, -0.25) is 14.5 Å². The second-order valence-corrected chi connectivity index (χ2v) is 8.39. The summed E-state index contributed by atoms with van der Waals surface area (Å²) in [5, 5.41) is 1.98. The molecule has 0 radical (unpaired) electrons. The van der Waals surface area contributed by atoms with Crippen LogP contribution in [-0.2, 0) is 16.0 Å². The second-order valence-electron chi connectivity index (χ2n) is 7.36. The fourth-order valence-corrected chi connectivity index (χ4v) is 4.72. The van der Waals surface area contributed by atoms with Gasteiger partial charge in [0.15, 0.2) is 0 Å². The van der Waals surface area contributed by atoms with Crippen LogP contribution >= 0.6 is 11.3 Å². The van der Waals surface area contributed by atoms with Crippen LogP contribution in [0.2, 0.25) is 0 Å². The van der Waals surface area contributed by atoms with Crippen molar-refractivity contribution >= 4 is 28.8 Å². The van der Waals surface area contributed by atoms with Crippen molar-refractivity contribution in [3.05, 3.63) is 52.5 Å². The molecule has 0 aliphatic carbocycles. The van der Waals surface area contributed by atoms with Gasteiger partial charge in [0.1, 0.15) is 5.82 Å². The molecule has 1 aromatic heterocycles. The van der Waals surface area contributed by atoms with Gasteiger partial charge in [0.25, 0.3) is 0 Å². The smallest absolute Gasteiger partial charge is 0.241 e. The van der Waals surface area contributed by atoms with Gasteiger partial charge in [-0.15, -0.1) is 11.3 Å². The Labute approximate surface area is 162 Å². The zero-order valence-corrected chi connectivity index (χ0v) is 16.0. The first-order valence-corrected chi connectivity index (χ1v) is 9.92. The number of piperazine rings is 1. The fourth-order valence-electron chi connectivity index (χ4n) is 4.02. The van der Waals surface area contributed by atoms with Gasteiger partial charge in [0.05, 0.1) is 18.5 Å². The molecule has 1 atom stereocenters. The van der Waals surface area contributed by atoms with Crippen LogP contribution in [0.25, 0.3) is 0 Å². The van der Waals surface area contributed by atoms with E-state index >= 15 is 0 Å². The van der Waals surface area contributed by atoms with E-state index in [1.165, 1.54) is 12.1 Å². The van der Waals surface area contributed by atoms with Gasteiger partial charge in [-0.25, -0.2) is 4.39 Å². The van der Waals surface area contributed by atoms with Crippen molar-refractivity contribution < 1.29 is 14.0 Å². The van der Waals surface area contributed by atoms with Gasteiger partial charge in [0, 0.05) is 30.2 Å². The summed E-state index contributed by atoms with van der Waals surface area (Å²) in [4.78, 5) is 31.9. The van der Waals surface area contributed by atoms with Crippen molar-refractivity contribution in [3.8, 4) is 0 Å². The Kier molecular flexibility index (Phi) is 4.74. The van der Waals surface area contributed by atoms with E-state index < -0.39 is 0 Å². The molecule has 1 aromatic carbocycles. The maximum absolute atomic E-state index is 13.6. The number of benzene rings is 1. The molecular formula is C20H22FN3O2S. The molecule has 3 heterocycles. The first-order chi connectivity index (χ1) is 13.0. The Morgan fingerprint density at radius 1 is 1.26 bits per heavy atom. The Bertz CT molecular complexity index is 857. The van der Waals surface area contributed by atoms with Gasteiger partial charge in [-0.2, -0.15) is 0 Å². The number of rotatable bonds is 3. The van der Waals surface area contributed by atoms with E-state index in [9.17, 15) is 14.0 Å². The molecule has 2 aliphatic heterocycles. The number of hydrogen-bond acceptors (Lipinski definition) is 4. The van der Waals surface area contributed by atoms with E-state index in [2.05, 4.69) is 4.90 Å². The molecule has 142 valence electrons. The molecule has 0 saturated carbocycles. The predicted molar refractivity (Wildman–Crippen MR) is 103 cm³/mol. The Hall–Kier alpha value is -2.25. The van der Waals surface area contributed by atoms with E-state index in [-0.39, 0.29) is 29.7 Å². The number of carbonyl (C=O) groups excluding carboxylic acids is 2. The molecule has 0 unspecified atom stereocenters. The Morgan fingerprint density at radius 2 is 2.11 bits per heavy atom. The van der Waals surface area contributed by atoms with Crippen LogP contribution in [0.1, 0.15) is 11.3 Å². The molecule has 27 heavy (non-hydrogen) atoms. The van der Waals surface area contributed by atoms with Crippen molar-refractivity contribution in [2.45, 2.75) is 18.4 Å². The first-order valence-electron chi connectivity index (χ1n) is 9.04. The summed E-state index contributed by atoms with van der Waals surface area (Å²) in [6, 6.07) is 10.1. The van der Waals surface area contributed by atoms with E-state index in [4.69, 9.17) is 0 Å². The molecule has 2 aromatic rings. The van der Waals surface area contributed by atoms with E-state index in [1.807, 2.05) is 29.5 Å². The Balaban J connectivity index is 1.51. The molecule has 5 nitrogen and oxygen atoms in total. The van der Waals surface area contributed by atoms with Crippen molar-refractivity contribution in [1.29, 1.82) is 0 Å². The van der Waals surface area contributed by atoms with Crippen molar-refractivity contribution in [2.75, 3.05) is 38.1 Å². The van der Waals surface area contributed by atoms with Crippen LogP contribution in [0.5, 0.6) is 0 Å². The quantitative estimate of drug-likeness (QED) is 0.812. The second kappa shape index (κ2) is 7.05. The minimum absolute atomic E-state index is 0.0444. The number of carbonyl (C=O) groups is 2. The summed E-state index contributed by atoms with van der Waals surface area (Å²) < 4.78 is 13.6. The van der Waals surface area contributed by atoms with E-state index in [0.29, 0.717) is 31.7 Å². The number of anilines is 1. The van der Waals surface area contributed by atoms with Crippen LogP contribution < -0.4 is 4.90 Å². The molecule has 2 amide bonds. The zero-order valence-electron chi connectivity index (χ0n) is 15.2. The van der Waals surface area contributed by atoms with Crippen LogP contribution in [-0.4, -0.2) is 60.4 Å². The molecule has 2 fully saturated rings. The third-order valence-electron chi connectivity index (χ3n) is 5.65. The van der Waals surface area contributed by atoms with Gasteiger partial charge in [-0.05, 0) is 43.1 Å². The van der Waals surface area contributed by atoms with Crippen molar-refractivity contribution in [3.63, 3.8) is 0 Å². The number of likely N-dealkylation sites (N-methyl/N-ethyl adjacent to an activating group) is 1. The summed E-state index contributed by atoms with van der Waals surface area (Å²) in [7, 11) is 1.94. The third-order valence-corrected chi connectivity index (χ3v) is 6.52. The topological polar surface area (TPSA) is 43.9 Å². The highest BCUT2D eigenvalue weighted by Crippen LogP contribution is 2.34. The molecule has 0 N–H and O–H groups in total. The van der Waals surface area contributed by atoms with Gasteiger partial charge >= 0.3 is 0 Å². The van der Waals surface area contributed by atoms with Crippen LogP contribution in [0.3, 0.4) is 0 Å². The predicted octanol–water partition coefficient (Wildman–Crippen LogP) is 2.38. The lowest BCUT2D eigenvalue weighted by molar-refractivity contribution is -0.130. The van der Waals surface area contributed by atoms with Gasteiger partial charge < -0.3 is 9.80 Å². The van der Waals surface area contributed by atoms with Crippen LogP contribution in [0, 0.1) is 5.82 Å². The highest BCUT2D eigenvalue weighted by molar-refractivity contribution is 7.10. The lowest BCUT2D eigenvalue weighted by Gasteiger charge is -2.46. The number of likely N-dealkylation sites (tertiary alicyclic amines) is 1.